The van der Waals surface area contributed by atoms with Crippen molar-refractivity contribution in [3.8, 4) is 17.1 Å². The Balaban J connectivity index is 1.66. The Hall–Kier alpha value is -3.48. The standard InChI is InChI=1S/C21H19N5O2/c1-28-15-5-2-4-14(12-15)20-24-21-23-16-6-3-7-17(27)18(16)19(26(21)25-20)13-8-10-22-11-9-13/h2,4-5,8-12,19H,3,6-7H2,1H3,(H,23,24,25). The Morgan fingerprint density at radius 2 is 2.04 bits per heavy atom. The van der Waals surface area contributed by atoms with E-state index in [1.165, 1.54) is 0 Å². The summed E-state index contributed by atoms with van der Waals surface area (Å²) in [6.45, 7) is 0. The third kappa shape index (κ3) is 2.67. The van der Waals surface area contributed by atoms with Gasteiger partial charge in [0.1, 0.15) is 11.8 Å². The summed E-state index contributed by atoms with van der Waals surface area (Å²) < 4.78 is 7.13. The van der Waals surface area contributed by atoms with Crippen LogP contribution < -0.4 is 10.1 Å². The number of aromatic nitrogens is 4. The lowest BCUT2D eigenvalue weighted by Crippen LogP contribution is -2.31. The third-order valence-corrected chi connectivity index (χ3v) is 5.22. The van der Waals surface area contributed by atoms with Gasteiger partial charge in [0.25, 0.3) is 0 Å². The van der Waals surface area contributed by atoms with E-state index in [4.69, 9.17) is 14.8 Å². The predicted molar refractivity (Wildman–Crippen MR) is 104 cm³/mol. The van der Waals surface area contributed by atoms with E-state index in [2.05, 4.69) is 10.3 Å². The number of methoxy groups -OCH3 is 1. The molecule has 7 heteroatoms. The lowest BCUT2D eigenvalue weighted by Gasteiger charge is -2.32. The highest BCUT2D eigenvalue weighted by Gasteiger charge is 2.36. The lowest BCUT2D eigenvalue weighted by atomic mass is 9.86. The molecule has 5 rings (SSSR count). The summed E-state index contributed by atoms with van der Waals surface area (Å²) in [5.74, 6) is 2.15. The molecular formula is C21H19N5O2. The van der Waals surface area contributed by atoms with Crippen molar-refractivity contribution in [1.29, 1.82) is 0 Å². The monoisotopic (exact) mass is 373 g/mol. The van der Waals surface area contributed by atoms with E-state index in [-0.39, 0.29) is 11.8 Å². The van der Waals surface area contributed by atoms with E-state index < -0.39 is 0 Å². The summed E-state index contributed by atoms with van der Waals surface area (Å²) in [5, 5.41) is 8.11. The Morgan fingerprint density at radius 3 is 2.86 bits per heavy atom. The average molecular weight is 373 g/mol. The van der Waals surface area contributed by atoms with E-state index in [0.717, 1.165) is 41.0 Å². The van der Waals surface area contributed by atoms with Gasteiger partial charge in [-0.3, -0.25) is 9.78 Å². The number of nitrogens with one attached hydrogen (secondary N) is 1. The van der Waals surface area contributed by atoms with Crippen LogP contribution in [0.3, 0.4) is 0 Å². The molecule has 0 radical (unpaired) electrons. The van der Waals surface area contributed by atoms with E-state index in [9.17, 15) is 4.79 Å². The van der Waals surface area contributed by atoms with Crippen molar-refractivity contribution in [3.63, 3.8) is 0 Å². The molecule has 1 atom stereocenters. The van der Waals surface area contributed by atoms with Crippen molar-refractivity contribution in [3.05, 3.63) is 65.6 Å². The van der Waals surface area contributed by atoms with Gasteiger partial charge < -0.3 is 10.1 Å². The molecule has 0 bridgehead atoms. The molecule has 2 aliphatic rings. The van der Waals surface area contributed by atoms with Crippen LogP contribution in [0.4, 0.5) is 5.95 Å². The lowest BCUT2D eigenvalue weighted by molar-refractivity contribution is -0.116. The second-order valence-electron chi connectivity index (χ2n) is 6.91. The average Bonchev–Trinajstić information content (AvgIpc) is 3.17. The number of ether oxygens (including phenoxy) is 1. The molecule has 0 saturated heterocycles. The molecule has 0 fully saturated rings. The molecule has 0 amide bonds. The zero-order valence-corrected chi connectivity index (χ0v) is 15.4. The summed E-state index contributed by atoms with van der Waals surface area (Å²) >= 11 is 0. The first-order chi connectivity index (χ1) is 13.7. The smallest absolute Gasteiger partial charge is 0.226 e. The van der Waals surface area contributed by atoms with E-state index in [1.807, 2.05) is 41.1 Å². The highest BCUT2D eigenvalue weighted by molar-refractivity contribution is 5.99. The van der Waals surface area contributed by atoms with E-state index in [1.54, 1.807) is 19.5 Å². The fourth-order valence-corrected chi connectivity index (χ4v) is 3.89. The number of allylic oxidation sites excluding steroid dienone is 2. The number of ketones is 1. The van der Waals surface area contributed by atoms with Gasteiger partial charge in [-0.1, -0.05) is 12.1 Å². The molecular weight excluding hydrogens is 354 g/mol. The molecule has 1 aliphatic carbocycles. The van der Waals surface area contributed by atoms with Crippen LogP contribution in [0, 0.1) is 0 Å². The minimum atomic E-state index is -0.297. The van der Waals surface area contributed by atoms with Crippen molar-refractivity contribution in [2.45, 2.75) is 25.3 Å². The number of pyridine rings is 1. The largest absolute Gasteiger partial charge is 0.497 e. The summed E-state index contributed by atoms with van der Waals surface area (Å²) in [7, 11) is 1.63. The van der Waals surface area contributed by atoms with Crippen molar-refractivity contribution in [2.75, 3.05) is 12.4 Å². The van der Waals surface area contributed by atoms with Crippen LogP contribution in [0.2, 0.25) is 0 Å². The van der Waals surface area contributed by atoms with Crippen molar-refractivity contribution >= 4 is 11.7 Å². The molecule has 140 valence electrons. The van der Waals surface area contributed by atoms with Gasteiger partial charge in [0, 0.05) is 35.6 Å². The number of fused-ring (bicyclic) bond motifs is 1. The summed E-state index contributed by atoms with van der Waals surface area (Å²) in [4.78, 5) is 21.6. The van der Waals surface area contributed by atoms with Gasteiger partial charge in [0.15, 0.2) is 11.6 Å². The maximum absolute atomic E-state index is 12.8. The van der Waals surface area contributed by atoms with Crippen molar-refractivity contribution in [1.82, 2.24) is 19.7 Å². The topological polar surface area (TPSA) is 81.9 Å². The van der Waals surface area contributed by atoms with Crippen LogP contribution in [0.25, 0.3) is 11.4 Å². The number of nitrogens with zero attached hydrogens (tertiary/aromatic N) is 4. The highest BCUT2D eigenvalue weighted by Crippen LogP contribution is 2.40. The van der Waals surface area contributed by atoms with Crippen LogP contribution >= 0.6 is 0 Å². The number of carbonyl (C=O) groups excluding carboxylic acids is 1. The molecule has 0 spiro atoms. The van der Waals surface area contributed by atoms with Gasteiger partial charge in [-0.05, 0) is 42.7 Å². The molecule has 7 nitrogen and oxygen atoms in total. The SMILES string of the molecule is COc1cccc(-c2nc3n(n2)C(c2ccncc2)C2=C(CCCC2=O)N3)c1. The molecule has 28 heavy (non-hydrogen) atoms. The Kier molecular flexibility index (Phi) is 3.93. The number of hydrogen-bond acceptors (Lipinski definition) is 6. The van der Waals surface area contributed by atoms with Gasteiger partial charge in [-0.25, -0.2) is 4.68 Å². The number of hydrogen-bond donors (Lipinski definition) is 1. The fourth-order valence-electron chi connectivity index (χ4n) is 3.89. The van der Waals surface area contributed by atoms with E-state index in [0.29, 0.717) is 18.2 Å². The fraction of sp³-hybridized carbons (Fsp3) is 0.238. The molecule has 1 aromatic carbocycles. The zero-order chi connectivity index (χ0) is 19.1. The first-order valence-corrected chi connectivity index (χ1v) is 9.29. The molecule has 3 heterocycles. The van der Waals surface area contributed by atoms with Crippen LogP contribution in [0.1, 0.15) is 30.9 Å². The minimum Gasteiger partial charge on any atom is -0.497 e. The number of rotatable bonds is 3. The van der Waals surface area contributed by atoms with Crippen molar-refractivity contribution < 1.29 is 9.53 Å². The van der Waals surface area contributed by atoms with Gasteiger partial charge in [0.2, 0.25) is 5.95 Å². The van der Waals surface area contributed by atoms with Crippen LogP contribution in [0.15, 0.2) is 60.1 Å². The maximum Gasteiger partial charge on any atom is 0.226 e. The molecule has 1 unspecified atom stereocenters. The Labute approximate surface area is 162 Å². The second kappa shape index (κ2) is 6.60. The first kappa shape index (κ1) is 16.7. The quantitative estimate of drug-likeness (QED) is 0.758. The minimum absolute atomic E-state index is 0.166. The number of anilines is 1. The molecule has 1 N–H and O–H groups in total. The van der Waals surface area contributed by atoms with Crippen LogP contribution in [-0.4, -0.2) is 32.6 Å². The van der Waals surface area contributed by atoms with Gasteiger partial charge in [-0.15, -0.1) is 5.10 Å². The first-order valence-electron chi connectivity index (χ1n) is 9.29. The molecule has 1 aliphatic heterocycles. The number of carbonyl (C=O) groups is 1. The normalized spacial score (nSPS) is 18.3. The van der Waals surface area contributed by atoms with Crippen molar-refractivity contribution in [2.24, 2.45) is 0 Å². The molecule has 3 aromatic rings. The highest BCUT2D eigenvalue weighted by atomic mass is 16.5. The predicted octanol–water partition coefficient (Wildman–Crippen LogP) is 3.37. The molecule has 2 aromatic heterocycles. The van der Waals surface area contributed by atoms with Crippen LogP contribution in [0.5, 0.6) is 5.75 Å². The zero-order valence-electron chi connectivity index (χ0n) is 15.4. The van der Waals surface area contributed by atoms with Crippen LogP contribution in [-0.2, 0) is 4.79 Å². The van der Waals surface area contributed by atoms with Gasteiger partial charge >= 0.3 is 0 Å². The molecule has 0 saturated carbocycles. The Morgan fingerprint density at radius 1 is 1.18 bits per heavy atom. The number of benzene rings is 1. The summed E-state index contributed by atoms with van der Waals surface area (Å²) in [5.41, 5.74) is 3.57. The van der Waals surface area contributed by atoms with Gasteiger partial charge in [-0.2, -0.15) is 4.98 Å². The van der Waals surface area contributed by atoms with Gasteiger partial charge in [0.05, 0.1) is 7.11 Å². The maximum atomic E-state index is 12.8. The summed E-state index contributed by atoms with van der Waals surface area (Å²) in [6, 6.07) is 11.2. The Bertz CT molecular complexity index is 1090. The van der Waals surface area contributed by atoms with E-state index >= 15 is 0 Å². The number of Topliss-reactive ketones (excluding diaryl/α,β-unsaturated/α-hetero) is 1. The summed E-state index contributed by atoms with van der Waals surface area (Å²) in [6.07, 6.45) is 5.73. The third-order valence-electron chi connectivity index (χ3n) is 5.22. The second-order valence-corrected chi connectivity index (χ2v) is 6.91.